The molecule has 2 heterocycles. The van der Waals surface area contributed by atoms with Crippen LogP contribution in [0.15, 0.2) is 24.3 Å². The first kappa shape index (κ1) is 16.7. The van der Waals surface area contributed by atoms with Gasteiger partial charge in [0.2, 0.25) is 0 Å². The molecule has 0 aliphatic carbocycles. The lowest BCUT2D eigenvalue weighted by atomic mass is 10.1. The Labute approximate surface area is 141 Å². The van der Waals surface area contributed by atoms with Crippen molar-refractivity contribution in [3.63, 3.8) is 0 Å². The molecule has 2 aliphatic heterocycles. The number of anilines is 1. The standard InChI is InChI=1S/C17H23N3O4/c1-2-23-11-15-12-24-17(22)20(15)14-5-3-13(4-6-14)16(21)19-9-7-18-8-10-19/h3-6,15,18H,2,7-12H2,1H3. The Morgan fingerprint density at radius 1 is 1.29 bits per heavy atom. The van der Waals surface area contributed by atoms with Gasteiger partial charge < -0.3 is 19.7 Å². The molecule has 2 fully saturated rings. The first-order valence-electron chi connectivity index (χ1n) is 8.34. The topological polar surface area (TPSA) is 71.1 Å². The van der Waals surface area contributed by atoms with Crippen molar-refractivity contribution in [3.05, 3.63) is 29.8 Å². The van der Waals surface area contributed by atoms with Gasteiger partial charge in [0.05, 0.1) is 12.6 Å². The molecule has 7 nitrogen and oxygen atoms in total. The summed E-state index contributed by atoms with van der Waals surface area (Å²) >= 11 is 0. The molecule has 0 bridgehead atoms. The lowest BCUT2D eigenvalue weighted by Crippen LogP contribution is -2.46. The molecule has 2 saturated heterocycles. The van der Waals surface area contributed by atoms with E-state index in [1.807, 2.05) is 11.8 Å². The Balaban J connectivity index is 1.71. The minimum atomic E-state index is -0.374. The van der Waals surface area contributed by atoms with Crippen molar-refractivity contribution in [1.82, 2.24) is 10.2 Å². The van der Waals surface area contributed by atoms with Crippen LogP contribution in [0, 0.1) is 0 Å². The summed E-state index contributed by atoms with van der Waals surface area (Å²) in [6.07, 6.45) is -0.374. The van der Waals surface area contributed by atoms with Gasteiger partial charge in [-0.2, -0.15) is 0 Å². The summed E-state index contributed by atoms with van der Waals surface area (Å²) in [5.74, 6) is 0.0258. The zero-order valence-electron chi connectivity index (χ0n) is 13.9. The normalized spacial score (nSPS) is 21.0. The quantitative estimate of drug-likeness (QED) is 0.873. The third-order valence-corrected chi connectivity index (χ3v) is 4.27. The second kappa shape index (κ2) is 7.63. The average Bonchev–Trinajstić information content (AvgIpc) is 3.00. The van der Waals surface area contributed by atoms with E-state index >= 15 is 0 Å². The van der Waals surface area contributed by atoms with E-state index in [2.05, 4.69) is 5.32 Å². The summed E-state index contributed by atoms with van der Waals surface area (Å²) in [7, 11) is 0. The van der Waals surface area contributed by atoms with E-state index in [1.165, 1.54) is 0 Å². The monoisotopic (exact) mass is 333 g/mol. The Morgan fingerprint density at radius 3 is 2.67 bits per heavy atom. The number of cyclic esters (lactones) is 1. The molecule has 130 valence electrons. The van der Waals surface area contributed by atoms with E-state index in [0.29, 0.717) is 25.4 Å². The first-order chi connectivity index (χ1) is 11.7. The van der Waals surface area contributed by atoms with Crippen LogP contribution in [0.25, 0.3) is 0 Å². The molecule has 0 radical (unpaired) electrons. The number of hydrogen-bond acceptors (Lipinski definition) is 5. The van der Waals surface area contributed by atoms with Gasteiger partial charge in [0.1, 0.15) is 6.61 Å². The number of nitrogens with one attached hydrogen (secondary N) is 1. The van der Waals surface area contributed by atoms with Crippen LogP contribution in [0.1, 0.15) is 17.3 Å². The van der Waals surface area contributed by atoms with Gasteiger partial charge in [-0.15, -0.1) is 0 Å². The van der Waals surface area contributed by atoms with E-state index in [1.54, 1.807) is 29.2 Å². The molecule has 0 spiro atoms. The van der Waals surface area contributed by atoms with Crippen LogP contribution >= 0.6 is 0 Å². The summed E-state index contributed by atoms with van der Waals surface area (Å²) in [6, 6.07) is 6.99. The van der Waals surface area contributed by atoms with E-state index in [4.69, 9.17) is 9.47 Å². The SMILES string of the molecule is CCOCC1COC(=O)N1c1ccc(C(=O)N2CCNCC2)cc1. The fourth-order valence-electron chi connectivity index (χ4n) is 2.97. The molecule has 2 amide bonds. The van der Waals surface area contributed by atoms with Crippen molar-refractivity contribution in [2.24, 2.45) is 0 Å². The molecule has 1 unspecified atom stereocenters. The maximum absolute atomic E-state index is 12.5. The molecule has 0 aromatic heterocycles. The summed E-state index contributed by atoms with van der Waals surface area (Å²) in [4.78, 5) is 27.9. The van der Waals surface area contributed by atoms with E-state index in [9.17, 15) is 9.59 Å². The highest BCUT2D eigenvalue weighted by atomic mass is 16.6. The molecule has 3 rings (SSSR count). The molecule has 1 aromatic carbocycles. The van der Waals surface area contributed by atoms with Crippen molar-refractivity contribution in [2.45, 2.75) is 13.0 Å². The predicted molar refractivity (Wildman–Crippen MR) is 89.3 cm³/mol. The number of piperazine rings is 1. The van der Waals surface area contributed by atoms with Gasteiger partial charge in [-0.25, -0.2) is 4.79 Å². The Hall–Kier alpha value is -2.12. The number of carbonyl (C=O) groups excluding carboxylic acids is 2. The smallest absolute Gasteiger partial charge is 0.414 e. The van der Waals surface area contributed by atoms with Crippen LogP contribution in [0.5, 0.6) is 0 Å². The Kier molecular flexibility index (Phi) is 5.32. The zero-order chi connectivity index (χ0) is 16.9. The van der Waals surface area contributed by atoms with Crippen LogP contribution in [0.4, 0.5) is 10.5 Å². The fraction of sp³-hybridized carbons (Fsp3) is 0.529. The van der Waals surface area contributed by atoms with Crippen LogP contribution in [-0.2, 0) is 9.47 Å². The number of rotatable bonds is 5. The first-order valence-corrected chi connectivity index (χ1v) is 8.34. The summed E-state index contributed by atoms with van der Waals surface area (Å²) in [5.41, 5.74) is 1.36. The maximum atomic E-state index is 12.5. The van der Waals surface area contributed by atoms with Gasteiger partial charge in [-0.1, -0.05) is 0 Å². The number of hydrogen-bond donors (Lipinski definition) is 1. The van der Waals surface area contributed by atoms with Gasteiger partial charge in [0, 0.05) is 44.0 Å². The minimum Gasteiger partial charge on any atom is -0.447 e. The lowest BCUT2D eigenvalue weighted by molar-refractivity contribution is 0.0736. The van der Waals surface area contributed by atoms with Crippen LogP contribution < -0.4 is 10.2 Å². The zero-order valence-corrected chi connectivity index (χ0v) is 13.9. The molecule has 7 heteroatoms. The second-order valence-electron chi connectivity index (χ2n) is 5.85. The van der Waals surface area contributed by atoms with E-state index in [0.717, 1.165) is 31.9 Å². The number of carbonyl (C=O) groups is 2. The molecule has 1 atom stereocenters. The Bertz CT molecular complexity index is 584. The van der Waals surface area contributed by atoms with Crippen LogP contribution in [0.2, 0.25) is 0 Å². The molecule has 1 aromatic rings. The Morgan fingerprint density at radius 2 is 2.00 bits per heavy atom. The second-order valence-corrected chi connectivity index (χ2v) is 5.85. The van der Waals surface area contributed by atoms with Crippen molar-refractivity contribution < 1.29 is 19.1 Å². The highest BCUT2D eigenvalue weighted by Crippen LogP contribution is 2.24. The van der Waals surface area contributed by atoms with E-state index < -0.39 is 0 Å². The van der Waals surface area contributed by atoms with Crippen molar-refractivity contribution >= 4 is 17.7 Å². The minimum absolute atomic E-state index is 0.0258. The third kappa shape index (κ3) is 3.52. The van der Waals surface area contributed by atoms with Gasteiger partial charge in [-0.3, -0.25) is 9.69 Å². The van der Waals surface area contributed by atoms with Crippen LogP contribution in [-0.4, -0.2) is 68.9 Å². The highest BCUT2D eigenvalue weighted by Gasteiger charge is 2.34. The van der Waals surface area contributed by atoms with Gasteiger partial charge in [-0.05, 0) is 31.2 Å². The molecular formula is C17H23N3O4. The molecule has 1 N–H and O–H groups in total. The lowest BCUT2D eigenvalue weighted by Gasteiger charge is -2.27. The van der Waals surface area contributed by atoms with Crippen LogP contribution in [0.3, 0.4) is 0 Å². The van der Waals surface area contributed by atoms with Gasteiger partial charge in [0.15, 0.2) is 0 Å². The number of nitrogens with zero attached hydrogens (tertiary/aromatic N) is 2. The summed E-state index contributed by atoms with van der Waals surface area (Å²) < 4.78 is 10.5. The van der Waals surface area contributed by atoms with Gasteiger partial charge in [0.25, 0.3) is 5.91 Å². The van der Waals surface area contributed by atoms with E-state index in [-0.39, 0.29) is 18.0 Å². The van der Waals surface area contributed by atoms with Crippen molar-refractivity contribution in [3.8, 4) is 0 Å². The van der Waals surface area contributed by atoms with Gasteiger partial charge >= 0.3 is 6.09 Å². The third-order valence-electron chi connectivity index (χ3n) is 4.27. The number of ether oxygens (including phenoxy) is 2. The molecule has 24 heavy (non-hydrogen) atoms. The fourth-order valence-corrected chi connectivity index (χ4v) is 2.97. The van der Waals surface area contributed by atoms with Crippen molar-refractivity contribution in [2.75, 3.05) is 50.9 Å². The predicted octanol–water partition coefficient (Wildman–Crippen LogP) is 1.09. The summed E-state index contributed by atoms with van der Waals surface area (Å²) in [6.45, 7) is 6.34. The summed E-state index contributed by atoms with van der Waals surface area (Å²) in [5, 5.41) is 3.23. The number of benzene rings is 1. The van der Waals surface area contributed by atoms with Crippen molar-refractivity contribution in [1.29, 1.82) is 0 Å². The number of amides is 2. The maximum Gasteiger partial charge on any atom is 0.414 e. The molecule has 2 aliphatic rings. The molecule has 0 saturated carbocycles. The largest absolute Gasteiger partial charge is 0.447 e. The highest BCUT2D eigenvalue weighted by molar-refractivity contribution is 5.96. The molecular weight excluding hydrogens is 310 g/mol. The average molecular weight is 333 g/mol.